The third-order valence-corrected chi connectivity index (χ3v) is 5.11. The van der Waals surface area contributed by atoms with E-state index in [1.165, 1.54) is 6.33 Å². The molecule has 35 heavy (non-hydrogen) atoms. The number of carboxylic acids is 1. The van der Waals surface area contributed by atoms with Gasteiger partial charge in [0.1, 0.15) is 29.6 Å². The molecule has 1 aromatic heterocycles. The predicted octanol–water partition coefficient (Wildman–Crippen LogP) is 0.315. The third-order valence-electron chi connectivity index (χ3n) is 5.11. The van der Waals surface area contributed by atoms with Crippen molar-refractivity contribution in [3.05, 3.63) is 77.9 Å². The van der Waals surface area contributed by atoms with Gasteiger partial charge in [0.05, 0.1) is 6.33 Å². The summed E-state index contributed by atoms with van der Waals surface area (Å²) in [7, 11) is 0. The van der Waals surface area contributed by atoms with E-state index in [2.05, 4.69) is 9.97 Å². The summed E-state index contributed by atoms with van der Waals surface area (Å²) in [6, 6.07) is 10.2. The van der Waals surface area contributed by atoms with Crippen LogP contribution in [0, 0.1) is 0 Å². The molecule has 0 saturated carbocycles. The summed E-state index contributed by atoms with van der Waals surface area (Å²) in [6.45, 7) is 0. The molecular weight excluding hydrogens is 454 g/mol. The van der Waals surface area contributed by atoms with Crippen molar-refractivity contribution >= 4 is 17.9 Å². The fourth-order valence-electron chi connectivity index (χ4n) is 3.17. The van der Waals surface area contributed by atoms with Gasteiger partial charge in [0.25, 0.3) is 0 Å². The number of imidazole rings is 1. The molecule has 0 bridgehead atoms. The first kappa shape index (κ1) is 25.6. The van der Waals surface area contributed by atoms with Gasteiger partial charge in [-0.25, -0.2) is 14.6 Å². The van der Waals surface area contributed by atoms with Crippen LogP contribution in [0.15, 0.2) is 61.1 Å². The number of nitrogens with zero attached hydrogens (tertiary/aromatic N) is 1. The van der Waals surface area contributed by atoms with Crippen LogP contribution in [0.1, 0.15) is 16.8 Å². The Morgan fingerprint density at radius 3 is 1.66 bits per heavy atom. The van der Waals surface area contributed by atoms with Crippen LogP contribution in [0.2, 0.25) is 0 Å². The van der Waals surface area contributed by atoms with Crippen molar-refractivity contribution in [2.75, 3.05) is 0 Å². The highest BCUT2D eigenvalue weighted by molar-refractivity contribution is 5.79. The molecule has 3 aromatic rings. The number of aliphatic carboxylic acids is 1. The molecule has 11 heteroatoms. The number of nitrogens with two attached hydrogens (primary N) is 3. The van der Waals surface area contributed by atoms with Gasteiger partial charge in [-0.15, -0.1) is 0 Å². The third kappa shape index (κ3) is 7.74. The first-order valence-electron chi connectivity index (χ1n) is 10.8. The van der Waals surface area contributed by atoms with E-state index in [4.69, 9.17) is 31.8 Å². The molecule has 11 nitrogen and oxygen atoms in total. The summed E-state index contributed by atoms with van der Waals surface area (Å²) in [5.41, 5.74) is 19.5. The molecule has 1 heterocycles. The highest BCUT2D eigenvalue weighted by Crippen LogP contribution is 2.17. The Morgan fingerprint density at radius 2 is 1.23 bits per heavy atom. The second-order valence-electron chi connectivity index (χ2n) is 7.98. The molecule has 2 aromatic carbocycles. The summed E-state index contributed by atoms with van der Waals surface area (Å²) in [5.74, 6) is -1.69. The second-order valence-corrected chi connectivity index (χ2v) is 7.98. The number of rotatable bonds is 11. The zero-order valence-electron chi connectivity index (χ0n) is 18.8. The van der Waals surface area contributed by atoms with E-state index in [0.29, 0.717) is 11.3 Å². The maximum atomic E-state index is 12.4. The van der Waals surface area contributed by atoms with E-state index in [0.717, 1.165) is 11.3 Å². The van der Waals surface area contributed by atoms with Crippen LogP contribution in [-0.4, -0.2) is 51.1 Å². The van der Waals surface area contributed by atoms with Crippen LogP contribution < -0.4 is 26.7 Å². The van der Waals surface area contributed by atoms with Crippen molar-refractivity contribution in [3.63, 3.8) is 0 Å². The Balaban J connectivity index is 1.47. The molecule has 0 unspecified atom stereocenters. The maximum Gasteiger partial charge on any atom is 0.328 e. The molecule has 0 radical (unpaired) electrons. The van der Waals surface area contributed by atoms with E-state index < -0.39 is 36.0 Å². The summed E-state index contributed by atoms with van der Waals surface area (Å²) in [4.78, 5) is 42.1. The highest BCUT2D eigenvalue weighted by Gasteiger charge is 2.19. The van der Waals surface area contributed by atoms with E-state index in [1.54, 1.807) is 54.7 Å². The number of aromatic amines is 1. The number of hydrogen-bond acceptors (Lipinski definition) is 9. The number of nitrogens with one attached hydrogen (secondary N) is 1. The van der Waals surface area contributed by atoms with Gasteiger partial charge in [-0.05, 0) is 48.2 Å². The molecule has 3 rings (SSSR count). The summed E-state index contributed by atoms with van der Waals surface area (Å²) in [5, 5.41) is 8.88. The smallest absolute Gasteiger partial charge is 0.328 e. The zero-order chi connectivity index (χ0) is 25.4. The number of aromatic nitrogens is 2. The minimum absolute atomic E-state index is 0.157. The van der Waals surface area contributed by atoms with E-state index in [1.807, 2.05) is 0 Å². The Labute approximate surface area is 201 Å². The van der Waals surface area contributed by atoms with Gasteiger partial charge in [0.15, 0.2) is 0 Å². The number of ether oxygens (including phenoxy) is 2. The molecule has 0 aliphatic carbocycles. The van der Waals surface area contributed by atoms with Crippen LogP contribution in [0.4, 0.5) is 0 Å². The quantitative estimate of drug-likeness (QED) is 0.188. The standard InChI is InChI=1S/C24H27N5O6/c25-19(22(30)31)9-14-1-5-17(6-2-14)34-23(32)20(26)10-15-3-7-18(8-4-15)35-24(33)21(27)11-16-12-28-13-29-16/h1-8,12-13,19-21H,9-11,25-27H2,(H,28,29)(H,30,31)/t19-,20-,21-/m0/s1. The fourth-order valence-corrected chi connectivity index (χ4v) is 3.17. The van der Waals surface area contributed by atoms with Gasteiger partial charge in [-0.1, -0.05) is 24.3 Å². The minimum atomic E-state index is -1.09. The summed E-state index contributed by atoms with van der Waals surface area (Å²) in [6.07, 6.45) is 3.72. The summed E-state index contributed by atoms with van der Waals surface area (Å²) >= 11 is 0. The number of carboxylic acid groups (broad SMARTS) is 1. The van der Waals surface area contributed by atoms with Crippen LogP contribution in [0.5, 0.6) is 11.5 Å². The molecule has 184 valence electrons. The first-order chi connectivity index (χ1) is 16.7. The lowest BCUT2D eigenvalue weighted by Crippen LogP contribution is -2.36. The number of esters is 2. The Hall–Kier alpha value is -4.06. The van der Waals surface area contributed by atoms with Crippen LogP contribution in [-0.2, 0) is 33.6 Å². The zero-order valence-corrected chi connectivity index (χ0v) is 18.8. The van der Waals surface area contributed by atoms with E-state index >= 15 is 0 Å². The van der Waals surface area contributed by atoms with Crippen molar-refractivity contribution < 1.29 is 29.0 Å². The minimum Gasteiger partial charge on any atom is -0.480 e. The van der Waals surface area contributed by atoms with Crippen molar-refractivity contribution in [2.24, 2.45) is 17.2 Å². The van der Waals surface area contributed by atoms with Crippen molar-refractivity contribution in [3.8, 4) is 11.5 Å². The predicted molar refractivity (Wildman–Crippen MR) is 125 cm³/mol. The van der Waals surface area contributed by atoms with Crippen molar-refractivity contribution in [2.45, 2.75) is 37.4 Å². The van der Waals surface area contributed by atoms with Gasteiger partial charge >= 0.3 is 17.9 Å². The average Bonchev–Trinajstić information content (AvgIpc) is 3.34. The highest BCUT2D eigenvalue weighted by atomic mass is 16.5. The van der Waals surface area contributed by atoms with Gasteiger partial charge in [-0.3, -0.25) is 4.79 Å². The number of carbonyl (C=O) groups is 3. The van der Waals surface area contributed by atoms with Crippen molar-refractivity contribution in [1.29, 1.82) is 0 Å². The number of hydrogen-bond donors (Lipinski definition) is 5. The topological polar surface area (TPSA) is 197 Å². The summed E-state index contributed by atoms with van der Waals surface area (Å²) < 4.78 is 10.6. The molecule has 0 aliphatic heterocycles. The van der Waals surface area contributed by atoms with Crippen molar-refractivity contribution in [1.82, 2.24) is 9.97 Å². The maximum absolute atomic E-state index is 12.4. The normalized spacial score (nSPS) is 13.5. The Bertz CT molecular complexity index is 1130. The van der Waals surface area contributed by atoms with Gasteiger partial charge in [0.2, 0.25) is 0 Å². The monoisotopic (exact) mass is 481 g/mol. The lowest BCUT2D eigenvalue weighted by Gasteiger charge is -2.13. The number of carbonyl (C=O) groups excluding carboxylic acids is 2. The lowest BCUT2D eigenvalue weighted by atomic mass is 10.1. The van der Waals surface area contributed by atoms with Crippen LogP contribution in [0.25, 0.3) is 0 Å². The van der Waals surface area contributed by atoms with E-state index in [9.17, 15) is 14.4 Å². The van der Waals surface area contributed by atoms with Gasteiger partial charge in [0, 0.05) is 18.3 Å². The molecule has 0 amide bonds. The lowest BCUT2D eigenvalue weighted by molar-refractivity contribution is -0.138. The molecular formula is C24H27N5O6. The number of H-pyrrole nitrogens is 1. The SMILES string of the molecule is N[C@@H](Cc1ccc(OC(=O)[C@@H](N)Cc2ccc(OC(=O)[C@@H](N)Cc3cnc[nH]3)cc2)cc1)C(=O)O. The molecule has 0 aliphatic rings. The van der Waals surface area contributed by atoms with Gasteiger partial charge < -0.3 is 36.8 Å². The fraction of sp³-hybridized carbons (Fsp3) is 0.250. The Morgan fingerprint density at radius 1 is 0.771 bits per heavy atom. The van der Waals surface area contributed by atoms with Crippen LogP contribution in [0.3, 0.4) is 0 Å². The number of benzene rings is 2. The van der Waals surface area contributed by atoms with Gasteiger partial charge in [-0.2, -0.15) is 0 Å². The molecule has 8 N–H and O–H groups in total. The average molecular weight is 482 g/mol. The largest absolute Gasteiger partial charge is 0.480 e. The molecule has 0 saturated heterocycles. The molecule has 0 fully saturated rings. The Kier molecular flexibility index (Phi) is 8.68. The second kappa shape index (κ2) is 11.9. The molecule has 0 spiro atoms. The van der Waals surface area contributed by atoms with E-state index in [-0.39, 0.29) is 25.0 Å². The molecule has 3 atom stereocenters. The first-order valence-corrected chi connectivity index (χ1v) is 10.8. The van der Waals surface area contributed by atoms with Crippen LogP contribution >= 0.6 is 0 Å².